The molecule has 4 aromatic rings. The Morgan fingerprint density at radius 3 is 1.02 bits per heavy atom. The zero-order valence-electron chi connectivity index (χ0n) is 39.6. The SMILES string of the molecule is CC(C)(C)c1cc(O)c(O)c(C(C)(C)C)c1.CC(C)(C)c1cc(O)c(O)c(C(C)(C)C)c1.CCNCCN=Cc1ccccc1O.CCNCCN=Cc1ccccc1O.[Fe].[Fe]. The van der Waals surface area contributed by atoms with E-state index in [2.05, 4.69) is 76.0 Å². The first kappa shape index (κ1) is 60.1. The molecule has 0 spiro atoms. The Bertz CT molecular complexity index is 1820. The van der Waals surface area contributed by atoms with Crippen LogP contribution in [0.3, 0.4) is 0 Å². The maximum Gasteiger partial charge on any atom is 0.161 e. The summed E-state index contributed by atoms with van der Waals surface area (Å²) < 4.78 is 0. The van der Waals surface area contributed by atoms with Crippen molar-refractivity contribution < 1.29 is 64.8 Å². The fourth-order valence-corrected chi connectivity index (χ4v) is 5.41. The predicted octanol–water partition coefficient (Wildman–Crippen LogP) is 10.2. The van der Waals surface area contributed by atoms with Gasteiger partial charge in [-0.05, 0) is 82.3 Å². The van der Waals surface area contributed by atoms with Gasteiger partial charge in [0.15, 0.2) is 23.0 Å². The Labute approximate surface area is 394 Å². The van der Waals surface area contributed by atoms with Gasteiger partial charge in [-0.2, -0.15) is 0 Å². The molecule has 0 aromatic heterocycles. The third kappa shape index (κ3) is 21.9. The number of para-hydroxylation sites is 2. The van der Waals surface area contributed by atoms with Crippen molar-refractivity contribution in [2.75, 3.05) is 39.3 Å². The Morgan fingerprint density at radius 1 is 0.452 bits per heavy atom. The summed E-state index contributed by atoms with van der Waals surface area (Å²) in [6.07, 6.45) is 3.40. The first-order valence-corrected chi connectivity index (χ1v) is 20.9. The molecule has 0 heterocycles. The molecule has 4 rings (SSSR count). The third-order valence-corrected chi connectivity index (χ3v) is 9.20. The average Bonchev–Trinajstić information content (AvgIpc) is 3.14. The quantitative estimate of drug-likeness (QED) is 0.0336. The van der Waals surface area contributed by atoms with Crippen LogP contribution in [-0.4, -0.2) is 82.3 Å². The fraction of sp³-hybridized carbons (Fsp3) is 0.480. The zero-order chi connectivity index (χ0) is 45.9. The van der Waals surface area contributed by atoms with Crippen molar-refractivity contribution in [3.8, 4) is 34.5 Å². The van der Waals surface area contributed by atoms with Crippen molar-refractivity contribution in [1.29, 1.82) is 0 Å². The van der Waals surface area contributed by atoms with Crippen molar-refractivity contribution in [2.45, 2.75) is 119 Å². The number of likely N-dealkylation sites (N-methyl/N-ethyl adjacent to an activating group) is 2. The molecule has 348 valence electrons. The second-order valence-corrected chi connectivity index (χ2v) is 18.7. The molecule has 0 unspecified atom stereocenters. The van der Waals surface area contributed by atoms with Gasteiger partial charge in [-0.3, -0.25) is 9.98 Å². The molecule has 0 amide bonds. The molecule has 0 bridgehead atoms. The number of phenols is 6. The van der Waals surface area contributed by atoms with Crippen LogP contribution in [-0.2, 0) is 55.8 Å². The average molecular weight is 941 g/mol. The molecule has 12 heteroatoms. The number of aliphatic imine (C=N–C) groups is 2. The van der Waals surface area contributed by atoms with Gasteiger partial charge in [-0.1, -0.05) is 133 Å². The molecule has 0 fully saturated rings. The van der Waals surface area contributed by atoms with Crippen LogP contribution in [0.2, 0.25) is 0 Å². The van der Waals surface area contributed by atoms with E-state index in [1.54, 1.807) is 48.8 Å². The van der Waals surface area contributed by atoms with Crippen molar-refractivity contribution in [2.24, 2.45) is 9.98 Å². The summed E-state index contributed by atoms with van der Waals surface area (Å²) in [7, 11) is 0. The molecule has 62 heavy (non-hydrogen) atoms. The van der Waals surface area contributed by atoms with E-state index in [-0.39, 0.29) is 90.3 Å². The molecule has 10 nitrogen and oxygen atoms in total. The summed E-state index contributed by atoms with van der Waals surface area (Å²) in [4.78, 5) is 8.38. The number of hydrogen-bond acceptors (Lipinski definition) is 10. The van der Waals surface area contributed by atoms with Gasteiger partial charge in [0, 0.05) is 81.9 Å². The number of rotatable bonds is 10. The Morgan fingerprint density at radius 2 is 0.758 bits per heavy atom. The number of phenolic OH excluding ortho intramolecular Hbond substituents is 6. The Hall–Kier alpha value is -4.02. The predicted molar refractivity (Wildman–Crippen MR) is 253 cm³/mol. The first-order chi connectivity index (χ1) is 27.7. The van der Waals surface area contributed by atoms with Crippen LogP contribution in [0.4, 0.5) is 0 Å². The van der Waals surface area contributed by atoms with Gasteiger partial charge in [-0.15, -0.1) is 0 Å². The van der Waals surface area contributed by atoms with E-state index in [9.17, 15) is 30.6 Å². The number of hydrogen-bond donors (Lipinski definition) is 8. The molecular formula is C50H76Fe2N4O6. The van der Waals surface area contributed by atoms with E-state index < -0.39 is 0 Å². The summed E-state index contributed by atoms with van der Waals surface area (Å²) in [5.74, 6) is 0.495. The van der Waals surface area contributed by atoms with Crippen LogP contribution < -0.4 is 10.6 Å². The van der Waals surface area contributed by atoms with Gasteiger partial charge in [0.1, 0.15) is 11.5 Å². The van der Waals surface area contributed by atoms with Gasteiger partial charge in [0.05, 0.1) is 13.1 Å². The number of nitrogens with one attached hydrogen (secondary N) is 2. The Kier molecular flexibility index (Phi) is 27.0. The van der Waals surface area contributed by atoms with Crippen LogP contribution in [0.1, 0.15) is 130 Å². The third-order valence-electron chi connectivity index (χ3n) is 9.20. The second kappa shape index (κ2) is 27.9. The molecule has 0 saturated carbocycles. The summed E-state index contributed by atoms with van der Waals surface area (Å²) in [5, 5.41) is 64.4. The maximum absolute atomic E-state index is 9.87. The minimum Gasteiger partial charge on any atom is -0.507 e. The number of benzene rings is 4. The molecule has 0 aliphatic carbocycles. The van der Waals surface area contributed by atoms with E-state index in [1.165, 1.54) is 0 Å². The summed E-state index contributed by atoms with van der Waals surface area (Å²) in [6, 6.07) is 21.6. The minimum absolute atomic E-state index is 0. The van der Waals surface area contributed by atoms with Gasteiger partial charge < -0.3 is 41.3 Å². The van der Waals surface area contributed by atoms with Crippen LogP contribution in [0.5, 0.6) is 34.5 Å². The summed E-state index contributed by atoms with van der Waals surface area (Å²) in [5.41, 5.74) is 4.76. The number of nitrogens with zero attached hydrogens (tertiary/aromatic N) is 2. The van der Waals surface area contributed by atoms with E-state index in [4.69, 9.17) is 0 Å². The van der Waals surface area contributed by atoms with E-state index in [1.807, 2.05) is 77.9 Å². The van der Waals surface area contributed by atoms with Crippen molar-refractivity contribution in [1.82, 2.24) is 10.6 Å². The second-order valence-electron chi connectivity index (χ2n) is 18.7. The molecule has 4 aromatic carbocycles. The molecule has 0 atom stereocenters. The molecule has 0 saturated heterocycles. The largest absolute Gasteiger partial charge is 0.507 e. The maximum atomic E-state index is 9.87. The van der Waals surface area contributed by atoms with E-state index >= 15 is 0 Å². The number of aromatic hydroxyl groups is 6. The van der Waals surface area contributed by atoms with Gasteiger partial charge in [0.2, 0.25) is 0 Å². The Balaban J connectivity index is 0. The molecular weight excluding hydrogens is 864 g/mol. The molecule has 8 N–H and O–H groups in total. The van der Waals surface area contributed by atoms with E-state index in [0.29, 0.717) is 0 Å². The van der Waals surface area contributed by atoms with Crippen molar-refractivity contribution >= 4 is 12.4 Å². The standard InChI is InChI=1S/2C14H22O2.2C11H16N2O.2Fe/c2*1-13(2,3)9-7-10(14(4,5)6)12(16)11(15)8-9;2*1-2-12-7-8-13-9-10-5-3-4-6-11(10)14;;/h2*7-8,15-16H,1-6H3;2*3-6,9,12,14H,2,7-8H2,1H3;;. The summed E-state index contributed by atoms with van der Waals surface area (Å²) in [6.45, 7) is 33.9. The normalized spacial score (nSPS) is 11.6. The molecule has 0 aliphatic rings. The van der Waals surface area contributed by atoms with Crippen LogP contribution in [0.15, 0.2) is 82.8 Å². The minimum atomic E-state index is -0.178. The smallest absolute Gasteiger partial charge is 0.161 e. The van der Waals surface area contributed by atoms with Gasteiger partial charge in [0.25, 0.3) is 0 Å². The van der Waals surface area contributed by atoms with Gasteiger partial charge in [-0.25, -0.2) is 0 Å². The van der Waals surface area contributed by atoms with Crippen molar-refractivity contribution in [3.05, 3.63) is 106 Å². The van der Waals surface area contributed by atoms with Crippen molar-refractivity contribution in [3.63, 3.8) is 0 Å². The van der Waals surface area contributed by atoms with Gasteiger partial charge >= 0.3 is 0 Å². The first-order valence-electron chi connectivity index (χ1n) is 20.9. The fourth-order valence-electron chi connectivity index (χ4n) is 5.41. The monoisotopic (exact) mass is 940 g/mol. The van der Waals surface area contributed by atoms with Crippen LogP contribution in [0, 0.1) is 0 Å². The topological polar surface area (TPSA) is 170 Å². The molecule has 0 aliphatic heterocycles. The van der Waals surface area contributed by atoms with Crippen LogP contribution >= 0.6 is 0 Å². The summed E-state index contributed by atoms with van der Waals surface area (Å²) >= 11 is 0. The molecule has 0 radical (unpaired) electrons. The van der Waals surface area contributed by atoms with Crippen LogP contribution in [0.25, 0.3) is 0 Å². The van der Waals surface area contributed by atoms with E-state index in [0.717, 1.165) is 72.6 Å². The zero-order valence-corrected chi connectivity index (χ0v) is 41.8.